The Labute approximate surface area is 147 Å². The summed E-state index contributed by atoms with van der Waals surface area (Å²) in [6, 6.07) is 12.0. The number of urea groups is 1. The Morgan fingerprint density at radius 3 is 2.79 bits per heavy atom. The number of amides is 2. The van der Waals surface area contributed by atoms with Gasteiger partial charge in [0.2, 0.25) is 0 Å². The number of likely N-dealkylation sites (tertiary alicyclic amines) is 1. The fourth-order valence-electron chi connectivity index (χ4n) is 3.21. The number of hydrogen-bond donors (Lipinski definition) is 1. The zero-order valence-corrected chi connectivity index (χ0v) is 15.1. The van der Waals surface area contributed by atoms with Crippen LogP contribution < -0.4 is 10.1 Å². The molecule has 1 aromatic heterocycles. The third kappa shape index (κ3) is 3.73. The van der Waals surface area contributed by atoms with E-state index >= 15 is 0 Å². The number of hydrogen-bond acceptors (Lipinski definition) is 3. The first kappa shape index (κ1) is 16.8. The zero-order valence-electron chi connectivity index (χ0n) is 14.2. The molecular formula is C19H24N2O2S. The number of aryl methyl sites for hydroxylation is 1. The summed E-state index contributed by atoms with van der Waals surface area (Å²) in [7, 11) is 1.62. The molecule has 2 heterocycles. The number of rotatable bonds is 3. The third-order valence-corrected chi connectivity index (χ3v) is 5.55. The summed E-state index contributed by atoms with van der Waals surface area (Å²) in [6.45, 7) is 2.91. The summed E-state index contributed by atoms with van der Waals surface area (Å²) in [5.41, 5.74) is 0.718. The molecule has 4 nitrogen and oxygen atoms in total. The Morgan fingerprint density at radius 2 is 2.04 bits per heavy atom. The summed E-state index contributed by atoms with van der Waals surface area (Å²) in [6.07, 6.45) is 4.43. The molecule has 0 radical (unpaired) electrons. The van der Waals surface area contributed by atoms with E-state index in [9.17, 15) is 4.79 Å². The maximum absolute atomic E-state index is 12.9. The van der Waals surface area contributed by atoms with Crippen LogP contribution in [0.4, 0.5) is 10.5 Å². The van der Waals surface area contributed by atoms with E-state index in [1.807, 2.05) is 29.2 Å². The quantitative estimate of drug-likeness (QED) is 0.830. The van der Waals surface area contributed by atoms with Crippen LogP contribution in [0.15, 0.2) is 36.4 Å². The Balaban J connectivity index is 1.82. The monoisotopic (exact) mass is 344 g/mol. The van der Waals surface area contributed by atoms with Gasteiger partial charge in [0.25, 0.3) is 0 Å². The molecule has 24 heavy (non-hydrogen) atoms. The highest BCUT2D eigenvalue weighted by molar-refractivity contribution is 7.12. The number of carbonyl (C=O) groups is 1. The van der Waals surface area contributed by atoms with E-state index in [2.05, 4.69) is 24.4 Å². The van der Waals surface area contributed by atoms with Crippen molar-refractivity contribution in [3.63, 3.8) is 0 Å². The Hall–Kier alpha value is -2.01. The van der Waals surface area contributed by atoms with Crippen molar-refractivity contribution >= 4 is 23.1 Å². The van der Waals surface area contributed by atoms with Crippen molar-refractivity contribution < 1.29 is 9.53 Å². The number of benzene rings is 1. The number of thiophene rings is 1. The molecule has 0 spiro atoms. The van der Waals surface area contributed by atoms with Gasteiger partial charge in [-0.05, 0) is 44.0 Å². The van der Waals surface area contributed by atoms with Crippen LogP contribution in [-0.4, -0.2) is 24.6 Å². The summed E-state index contributed by atoms with van der Waals surface area (Å²) in [4.78, 5) is 17.5. The molecule has 1 aromatic carbocycles. The van der Waals surface area contributed by atoms with Crippen molar-refractivity contribution in [1.82, 2.24) is 4.90 Å². The van der Waals surface area contributed by atoms with Gasteiger partial charge in [0.05, 0.1) is 18.8 Å². The molecule has 1 N–H and O–H groups in total. The molecule has 3 rings (SSSR count). The van der Waals surface area contributed by atoms with Crippen molar-refractivity contribution in [3.8, 4) is 5.75 Å². The van der Waals surface area contributed by atoms with Crippen LogP contribution in [0.3, 0.4) is 0 Å². The molecule has 1 atom stereocenters. The first-order valence-electron chi connectivity index (χ1n) is 8.46. The first-order chi connectivity index (χ1) is 11.7. The minimum absolute atomic E-state index is 0.0440. The van der Waals surface area contributed by atoms with Crippen molar-refractivity contribution in [2.45, 2.75) is 38.6 Å². The maximum atomic E-state index is 12.9. The average Bonchev–Trinajstić information content (AvgIpc) is 2.87. The van der Waals surface area contributed by atoms with Gasteiger partial charge in [-0.25, -0.2) is 4.79 Å². The summed E-state index contributed by atoms with van der Waals surface area (Å²) < 4.78 is 5.34. The topological polar surface area (TPSA) is 41.6 Å². The molecule has 0 saturated carbocycles. The Kier molecular flexibility index (Phi) is 5.41. The van der Waals surface area contributed by atoms with Crippen LogP contribution >= 0.6 is 11.3 Å². The van der Waals surface area contributed by atoms with E-state index in [0.717, 1.165) is 25.1 Å². The molecule has 128 valence electrons. The van der Waals surface area contributed by atoms with Crippen molar-refractivity contribution in [1.29, 1.82) is 0 Å². The second-order valence-corrected chi connectivity index (χ2v) is 7.46. The van der Waals surface area contributed by atoms with Gasteiger partial charge in [-0.3, -0.25) is 0 Å². The SMILES string of the molecule is COc1ccccc1NC(=O)N1CCCCC[C@H]1c1ccc(C)s1. The molecule has 1 fully saturated rings. The van der Waals surface area contributed by atoms with Crippen molar-refractivity contribution in [3.05, 3.63) is 46.2 Å². The smallest absolute Gasteiger partial charge is 0.322 e. The minimum Gasteiger partial charge on any atom is -0.495 e. The third-order valence-electron chi connectivity index (χ3n) is 4.45. The van der Waals surface area contributed by atoms with Gasteiger partial charge < -0.3 is 15.0 Å². The fourth-order valence-corrected chi connectivity index (χ4v) is 4.24. The van der Waals surface area contributed by atoms with Crippen LogP contribution in [0.1, 0.15) is 41.5 Å². The van der Waals surface area contributed by atoms with Gasteiger partial charge in [-0.2, -0.15) is 0 Å². The Morgan fingerprint density at radius 1 is 1.21 bits per heavy atom. The normalized spacial score (nSPS) is 18.1. The highest BCUT2D eigenvalue weighted by atomic mass is 32.1. The lowest BCUT2D eigenvalue weighted by molar-refractivity contribution is 0.190. The highest BCUT2D eigenvalue weighted by Gasteiger charge is 2.28. The predicted octanol–water partition coefficient (Wildman–Crippen LogP) is 5.21. The van der Waals surface area contributed by atoms with E-state index in [1.165, 1.54) is 22.6 Å². The standard InChI is InChI=1S/C19H24N2O2S/c1-14-11-12-18(24-14)16-9-4-3-7-13-21(16)19(22)20-15-8-5-6-10-17(15)23-2/h5-6,8,10-12,16H,3-4,7,9,13H2,1-2H3,(H,20,22)/t16-/m0/s1. The minimum atomic E-state index is -0.0440. The molecule has 2 amide bonds. The van der Waals surface area contributed by atoms with E-state index in [1.54, 1.807) is 18.4 Å². The molecule has 2 aromatic rings. The van der Waals surface area contributed by atoms with Crippen LogP contribution in [0.5, 0.6) is 5.75 Å². The number of nitrogens with zero attached hydrogens (tertiary/aromatic N) is 1. The second-order valence-electron chi connectivity index (χ2n) is 6.14. The zero-order chi connectivity index (χ0) is 16.9. The number of ether oxygens (including phenoxy) is 1. The highest BCUT2D eigenvalue weighted by Crippen LogP contribution is 2.35. The van der Waals surface area contributed by atoms with Crippen LogP contribution in [0, 0.1) is 6.92 Å². The van der Waals surface area contributed by atoms with Gasteiger partial charge in [0, 0.05) is 16.3 Å². The Bertz CT molecular complexity index is 698. The van der Waals surface area contributed by atoms with Gasteiger partial charge >= 0.3 is 6.03 Å². The number of carbonyl (C=O) groups excluding carboxylic acids is 1. The lowest BCUT2D eigenvalue weighted by Crippen LogP contribution is -2.37. The number of para-hydroxylation sites is 2. The number of anilines is 1. The van der Waals surface area contributed by atoms with E-state index in [4.69, 9.17) is 4.74 Å². The van der Waals surface area contributed by atoms with Crippen LogP contribution in [-0.2, 0) is 0 Å². The van der Waals surface area contributed by atoms with Gasteiger partial charge in [-0.15, -0.1) is 11.3 Å². The van der Waals surface area contributed by atoms with Gasteiger partial charge in [-0.1, -0.05) is 25.0 Å². The van der Waals surface area contributed by atoms with E-state index in [-0.39, 0.29) is 12.1 Å². The van der Waals surface area contributed by atoms with Crippen molar-refractivity contribution in [2.24, 2.45) is 0 Å². The number of methoxy groups -OCH3 is 1. The van der Waals surface area contributed by atoms with Gasteiger partial charge in [0.1, 0.15) is 5.75 Å². The van der Waals surface area contributed by atoms with Crippen LogP contribution in [0.2, 0.25) is 0 Å². The molecular weight excluding hydrogens is 320 g/mol. The average molecular weight is 344 g/mol. The molecule has 0 bridgehead atoms. The summed E-state index contributed by atoms with van der Waals surface area (Å²) in [5.74, 6) is 0.684. The largest absolute Gasteiger partial charge is 0.495 e. The lowest BCUT2D eigenvalue weighted by Gasteiger charge is -2.29. The van der Waals surface area contributed by atoms with Gasteiger partial charge in [0.15, 0.2) is 0 Å². The fraction of sp³-hybridized carbons (Fsp3) is 0.421. The predicted molar refractivity (Wildman–Crippen MR) is 99.0 cm³/mol. The molecule has 5 heteroatoms. The molecule has 0 unspecified atom stereocenters. The van der Waals surface area contributed by atoms with E-state index in [0.29, 0.717) is 5.75 Å². The molecule has 1 saturated heterocycles. The molecule has 1 aliphatic heterocycles. The lowest BCUT2D eigenvalue weighted by atomic mass is 10.1. The van der Waals surface area contributed by atoms with Crippen LogP contribution in [0.25, 0.3) is 0 Å². The molecule has 0 aliphatic carbocycles. The number of nitrogens with one attached hydrogen (secondary N) is 1. The summed E-state index contributed by atoms with van der Waals surface area (Å²) >= 11 is 1.79. The first-order valence-corrected chi connectivity index (χ1v) is 9.27. The van der Waals surface area contributed by atoms with Crippen molar-refractivity contribution in [2.75, 3.05) is 19.0 Å². The maximum Gasteiger partial charge on any atom is 0.322 e. The second kappa shape index (κ2) is 7.71. The van der Waals surface area contributed by atoms with E-state index < -0.39 is 0 Å². The molecule has 1 aliphatic rings. The summed E-state index contributed by atoms with van der Waals surface area (Å²) in [5, 5.41) is 3.03.